The lowest BCUT2D eigenvalue weighted by Crippen LogP contribution is -2.27. The van der Waals surface area contributed by atoms with Crippen LogP contribution in [0.15, 0.2) is 0 Å². The van der Waals surface area contributed by atoms with E-state index < -0.39 is 0 Å². The summed E-state index contributed by atoms with van der Waals surface area (Å²) in [6.07, 6.45) is 4.30. The van der Waals surface area contributed by atoms with E-state index in [0.717, 1.165) is 31.8 Å². The van der Waals surface area contributed by atoms with Crippen LogP contribution >= 0.6 is 0 Å². The Bertz CT molecular complexity index is 167. The molecule has 2 heteroatoms. The molecular weight excluding hydrogens is 162 g/mol. The molecule has 0 spiro atoms. The fourth-order valence-electron chi connectivity index (χ4n) is 2.00. The third-order valence-electron chi connectivity index (χ3n) is 2.88. The van der Waals surface area contributed by atoms with Gasteiger partial charge in [0.05, 0.1) is 6.54 Å². The van der Waals surface area contributed by atoms with Crippen molar-refractivity contribution in [2.24, 2.45) is 5.92 Å². The fraction of sp³-hybridized carbons (Fsp3) is 0.909. The Balaban J connectivity index is 2.19. The van der Waals surface area contributed by atoms with Crippen LogP contribution in [-0.4, -0.2) is 30.3 Å². The van der Waals surface area contributed by atoms with Crippen LogP contribution in [-0.2, 0) is 4.79 Å². The molecule has 0 saturated carbocycles. The highest BCUT2D eigenvalue weighted by Crippen LogP contribution is 2.18. The lowest BCUT2D eigenvalue weighted by Gasteiger charge is -2.13. The molecule has 1 aliphatic rings. The van der Waals surface area contributed by atoms with E-state index in [1.807, 2.05) is 0 Å². The highest BCUT2D eigenvalue weighted by molar-refractivity contribution is 5.80. The molecule has 2 nitrogen and oxygen atoms in total. The zero-order valence-electron chi connectivity index (χ0n) is 8.88. The molecule has 1 heterocycles. The van der Waals surface area contributed by atoms with Crippen molar-refractivity contribution in [3.8, 4) is 0 Å². The summed E-state index contributed by atoms with van der Waals surface area (Å²) in [5.41, 5.74) is 0. The number of hydrogen-bond donors (Lipinski definition) is 0. The molecule has 1 unspecified atom stereocenters. The first-order chi connectivity index (χ1) is 6.26. The maximum Gasteiger partial charge on any atom is 0.146 e. The first-order valence-corrected chi connectivity index (χ1v) is 5.50. The Morgan fingerprint density at radius 1 is 1.46 bits per heavy atom. The zero-order chi connectivity index (χ0) is 9.68. The van der Waals surface area contributed by atoms with Crippen molar-refractivity contribution in [2.45, 2.75) is 39.5 Å². The second kappa shape index (κ2) is 5.38. The van der Waals surface area contributed by atoms with E-state index in [9.17, 15) is 4.79 Å². The van der Waals surface area contributed by atoms with E-state index >= 15 is 0 Å². The van der Waals surface area contributed by atoms with Gasteiger partial charge in [0.25, 0.3) is 0 Å². The molecule has 1 aliphatic heterocycles. The third-order valence-corrected chi connectivity index (χ3v) is 2.88. The zero-order valence-corrected chi connectivity index (χ0v) is 8.88. The number of hydrogen-bond acceptors (Lipinski definition) is 2. The van der Waals surface area contributed by atoms with Gasteiger partial charge in [0, 0.05) is 13.0 Å². The second-order valence-corrected chi connectivity index (χ2v) is 4.09. The summed E-state index contributed by atoms with van der Waals surface area (Å²) in [6, 6.07) is 0. The summed E-state index contributed by atoms with van der Waals surface area (Å²) in [5.74, 6) is 1.26. The van der Waals surface area contributed by atoms with Crippen LogP contribution < -0.4 is 0 Å². The molecule has 0 N–H and O–H groups in total. The molecule has 0 aromatic rings. The summed E-state index contributed by atoms with van der Waals surface area (Å²) >= 11 is 0. The van der Waals surface area contributed by atoms with Crippen LogP contribution in [0.1, 0.15) is 39.5 Å². The predicted molar refractivity (Wildman–Crippen MR) is 54.8 cm³/mol. The van der Waals surface area contributed by atoms with Crippen LogP contribution in [0.5, 0.6) is 0 Å². The first kappa shape index (κ1) is 10.7. The molecule has 0 radical (unpaired) electrons. The molecule has 1 rings (SSSR count). The van der Waals surface area contributed by atoms with E-state index in [2.05, 4.69) is 18.7 Å². The van der Waals surface area contributed by atoms with Gasteiger partial charge >= 0.3 is 0 Å². The van der Waals surface area contributed by atoms with E-state index in [1.165, 1.54) is 12.8 Å². The molecule has 1 saturated heterocycles. The number of carbonyl (C=O) groups excluding carboxylic acids is 1. The van der Waals surface area contributed by atoms with Crippen molar-refractivity contribution >= 4 is 5.78 Å². The quantitative estimate of drug-likeness (QED) is 0.650. The van der Waals surface area contributed by atoms with Gasteiger partial charge in [0.15, 0.2) is 0 Å². The molecule has 0 bridgehead atoms. The Morgan fingerprint density at radius 2 is 2.23 bits per heavy atom. The van der Waals surface area contributed by atoms with Gasteiger partial charge in [0.1, 0.15) is 5.78 Å². The first-order valence-electron chi connectivity index (χ1n) is 5.50. The van der Waals surface area contributed by atoms with Crippen molar-refractivity contribution in [2.75, 3.05) is 19.6 Å². The number of Topliss-reactive ketones (excluding diaryl/α,β-unsaturated/α-hetero) is 1. The van der Waals surface area contributed by atoms with Crippen molar-refractivity contribution in [3.63, 3.8) is 0 Å². The Labute approximate surface area is 81.3 Å². The molecule has 0 aliphatic carbocycles. The van der Waals surface area contributed by atoms with Gasteiger partial charge < -0.3 is 0 Å². The molecule has 76 valence electrons. The molecule has 0 amide bonds. The second-order valence-electron chi connectivity index (χ2n) is 4.09. The van der Waals surface area contributed by atoms with E-state index in [4.69, 9.17) is 0 Å². The average molecular weight is 183 g/mol. The normalized spacial score (nSPS) is 23.7. The highest BCUT2D eigenvalue weighted by Gasteiger charge is 2.21. The van der Waals surface area contributed by atoms with Gasteiger partial charge in [-0.15, -0.1) is 0 Å². The van der Waals surface area contributed by atoms with Crippen LogP contribution in [0, 0.1) is 5.92 Å². The number of ketones is 1. The Morgan fingerprint density at radius 3 is 2.77 bits per heavy atom. The molecule has 13 heavy (non-hydrogen) atoms. The van der Waals surface area contributed by atoms with E-state index in [0.29, 0.717) is 12.3 Å². The SMILES string of the molecule is CCCC(=O)CN1CCC(CC)C1. The Hall–Kier alpha value is -0.370. The van der Waals surface area contributed by atoms with E-state index in [1.54, 1.807) is 0 Å². The lowest BCUT2D eigenvalue weighted by atomic mass is 10.1. The minimum atomic E-state index is 0.416. The topological polar surface area (TPSA) is 20.3 Å². The predicted octanol–water partition coefficient (Wildman–Crippen LogP) is 2.09. The lowest BCUT2D eigenvalue weighted by molar-refractivity contribution is -0.120. The number of nitrogens with zero attached hydrogens (tertiary/aromatic N) is 1. The monoisotopic (exact) mass is 183 g/mol. The van der Waals surface area contributed by atoms with Crippen LogP contribution in [0.2, 0.25) is 0 Å². The highest BCUT2D eigenvalue weighted by atomic mass is 16.1. The maximum absolute atomic E-state index is 11.4. The molecular formula is C11H21NO. The van der Waals surface area contributed by atoms with Crippen LogP contribution in [0.4, 0.5) is 0 Å². The summed E-state index contributed by atoms with van der Waals surface area (Å²) in [6.45, 7) is 7.28. The van der Waals surface area contributed by atoms with Crippen molar-refractivity contribution in [1.29, 1.82) is 0 Å². The van der Waals surface area contributed by atoms with Gasteiger partial charge in [0.2, 0.25) is 0 Å². The van der Waals surface area contributed by atoms with Crippen LogP contribution in [0.25, 0.3) is 0 Å². The van der Waals surface area contributed by atoms with Gasteiger partial charge in [-0.2, -0.15) is 0 Å². The summed E-state index contributed by atoms with van der Waals surface area (Å²) in [4.78, 5) is 13.7. The number of carbonyl (C=O) groups is 1. The van der Waals surface area contributed by atoms with Crippen molar-refractivity contribution in [3.05, 3.63) is 0 Å². The largest absolute Gasteiger partial charge is 0.298 e. The maximum atomic E-state index is 11.4. The molecule has 1 atom stereocenters. The summed E-state index contributed by atoms with van der Waals surface area (Å²) in [5, 5.41) is 0. The minimum Gasteiger partial charge on any atom is -0.298 e. The number of likely N-dealkylation sites (tertiary alicyclic amines) is 1. The van der Waals surface area contributed by atoms with Gasteiger partial charge in [-0.25, -0.2) is 0 Å². The van der Waals surface area contributed by atoms with Gasteiger partial charge in [-0.05, 0) is 25.3 Å². The average Bonchev–Trinajstić information content (AvgIpc) is 2.52. The van der Waals surface area contributed by atoms with Crippen molar-refractivity contribution in [1.82, 2.24) is 4.90 Å². The number of rotatable bonds is 5. The smallest absolute Gasteiger partial charge is 0.146 e. The summed E-state index contributed by atoms with van der Waals surface area (Å²) in [7, 11) is 0. The van der Waals surface area contributed by atoms with Crippen molar-refractivity contribution < 1.29 is 4.79 Å². The Kier molecular flexibility index (Phi) is 4.43. The van der Waals surface area contributed by atoms with Gasteiger partial charge in [-0.1, -0.05) is 20.3 Å². The fourth-order valence-corrected chi connectivity index (χ4v) is 2.00. The molecule has 1 fully saturated rings. The van der Waals surface area contributed by atoms with Crippen LogP contribution in [0.3, 0.4) is 0 Å². The molecule has 0 aromatic carbocycles. The van der Waals surface area contributed by atoms with E-state index in [-0.39, 0.29) is 0 Å². The summed E-state index contributed by atoms with van der Waals surface area (Å²) < 4.78 is 0. The standard InChI is InChI=1S/C11H21NO/c1-3-5-11(13)9-12-7-6-10(4-2)8-12/h10H,3-9H2,1-2H3. The molecule has 0 aromatic heterocycles. The third kappa shape index (κ3) is 3.47. The minimum absolute atomic E-state index is 0.416. The van der Waals surface area contributed by atoms with Gasteiger partial charge in [-0.3, -0.25) is 9.69 Å².